The molecule has 0 fully saturated rings. The van der Waals surface area contributed by atoms with E-state index in [1.54, 1.807) is 6.20 Å². The fraction of sp³-hybridized carbons (Fsp3) is 0.208. The lowest BCUT2D eigenvalue weighted by Gasteiger charge is -2.18. The first-order chi connectivity index (χ1) is 14.7. The van der Waals surface area contributed by atoms with Crippen LogP contribution in [-0.2, 0) is 6.54 Å². The van der Waals surface area contributed by atoms with Gasteiger partial charge in [-0.25, -0.2) is 9.97 Å². The summed E-state index contributed by atoms with van der Waals surface area (Å²) in [6.45, 7) is 4.74. The molecule has 0 aliphatic rings. The molecule has 152 valence electrons. The average Bonchev–Trinajstić information content (AvgIpc) is 3.46. The lowest BCUT2D eigenvalue weighted by molar-refractivity contribution is 0.0927. The van der Waals surface area contributed by atoms with Crippen LogP contribution in [-0.4, -0.2) is 20.4 Å². The van der Waals surface area contributed by atoms with Gasteiger partial charge in [0.2, 0.25) is 0 Å². The Labute approximate surface area is 180 Å². The Balaban J connectivity index is 1.79. The van der Waals surface area contributed by atoms with Crippen LogP contribution in [0.2, 0.25) is 0 Å². The van der Waals surface area contributed by atoms with Gasteiger partial charge in [-0.15, -0.1) is 11.3 Å². The smallest absolute Gasteiger partial charge is 0.270 e. The van der Waals surface area contributed by atoms with Crippen molar-refractivity contribution < 1.29 is 4.79 Å². The molecule has 30 heavy (non-hydrogen) atoms. The highest BCUT2D eigenvalue weighted by Crippen LogP contribution is 2.31. The van der Waals surface area contributed by atoms with E-state index in [0.717, 1.165) is 28.4 Å². The van der Waals surface area contributed by atoms with Gasteiger partial charge < -0.3 is 9.88 Å². The highest BCUT2D eigenvalue weighted by Gasteiger charge is 2.27. The molecule has 0 radical (unpaired) electrons. The normalized spacial score (nSPS) is 11.9. The van der Waals surface area contributed by atoms with E-state index in [1.165, 1.54) is 11.3 Å². The van der Waals surface area contributed by atoms with Crippen LogP contribution >= 0.6 is 11.3 Å². The molecule has 2 aromatic heterocycles. The number of hydrogen-bond donors (Lipinski definition) is 1. The Morgan fingerprint density at radius 3 is 2.37 bits per heavy atom. The zero-order chi connectivity index (χ0) is 20.9. The number of imidazole rings is 1. The zero-order valence-corrected chi connectivity index (χ0v) is 17.9. The van der Waals surface area contributed by atoms with Gasteiger partial charge in [-0.1, -0.05) is 67.6 Å². The van der Waals surface area contributed by atoms with Gasteiger partial charge in [0.05, 0.1) is 6.04 Å². The minimum absolute atomic E-state index is 0.0665. The third-order valence-corrected chi connectivity index (χ3v) is 5.86. The summed E-state index contributed by atoms with van der Waals surface area (Å²) in [7, 11) is 0. The molecule has 0 unspecified atom stereocenters. The van der Waals surface area contributed by atoms with Crippen LogP contribution in [0.25, 0.3) is 22.1 Å². The Kier molecular flexibility index (Phi) is 6.05. The van der Waals surface area contributed by atoms with E-state index in [4.69, 9.17) is 4.98 Å². The van der Waals surface area contributed by atoms with Gasteiger partial charge in [-0.2, -0.15) is 0 Å². The van der Waals surface area contributed by atoms with E-state index >= 15 is 0 Å². The molecule has 1 atom stereocenters. The van der Waals surface area contributed by atoms with Crippen LogP contribution < -0.4 is 5.32 Å². The maximum absolute atomic E-state index is 13.5. The highest BCUT2D eigenvalue weighted by molar-refractivity contribution is 7.13. The van der Waals surface area contributed by atoms with Crippen LogP contribution in [0.15, 0.2) is 72.2 Å². The maximum atomic E-state index is 13.5. The minimum Gasteiger partial charge on any atom is -0.344 e. The molecule has 4 aromatic rings. The van der Waals surface area contributed by atoms with E-state index < -0.39 is 0 Å². The number of carbonyl (C=O) groups is 1. The molecule has 5 nitrogen and oxygen atoms in total. The summed E-state index contributed by atoms with van der Waals surface area (Å²) >= 11 is 1.49. The van der Waals surface area contributed by atoms with E-state index in [1.807, 2.05) is 77.5 Å². The van der Waals surface area contributed by atoms with Gasteiger partial charge in [-0.05, 0) is 18.9 Å². The van der Waals surface area contributed by atoms with Crippen molar-refractivity contribution in [3.8, 4) is 22.1 Å². The van der Waals surface area contributed by atoms with E-state index in [9.17, 15) is 4.79 Å². The van der Waals surface area contributed by atoms with Gasteiger partial charge in [0, 0.05) is 23.7 Å². The van der Waals surface area contributed by atoms with Crippen molar-refractivity contribution in [2.24, 2.45) is 0 Å². The number of thiazole rings is 1. The van der Waals surface area contributed by atoms with Crippen molar-refractivity contribution in [1.82, 2.24) is 19.9 Å². The van der Waals surface area contributed by atoms with E-state index in [2.05, 4.69) is 17.2 Å². The monoisotopic (exact) mass is 416 g/mol. The molecule has 0 aliphatic carbocycles. The molecular weight excluding hydrogens is 392 g/mol. The Hall–Kier alpha value is -3.25. The van der Waals surface area contributed by atoms with E-state index in [0.29, 0.717) is 17.9 Å². The largest absolute Gasteiger partial charge is 0.344 e. The van der Waals surface area contributed by atoms with E-state index in [-0.39, 0.29) is 11.9 Å². The molecule has 1 amide bonds. The second-order valence-electron chi connectivity index (χ2n) is 6.93. The summed E-state index contributed by atoms with van der Waals surface area (Å²) < 4.78 is 1.99. The third kappa shape index (κ3) is 3.91. The molecule has 4 rings (SSSR count). The van der Waals surface area contributed by atoms with Crippen molar-refractivity contribution in [3.63, 3.8) is 0 Å². The Morgan fingerprint density at radius 2 is 1.77 bits per heavy atom. The van der Waals surface area contributed by atoms with Crippen molar-refractivity contribution >= 4 is 17.2 Å². The molecule has 1 N–H and O–H groups in total. The minimum atomic E-state index is -0.132. The fourth-order valence-corrected chi connectivity index (χ4v) is 4.25. The number of hydrogen-bond acceptors (Lipinski definition) is 4. The molecule has 0 bridgehead atoms. The summed E-state index contributed by atoms with van der Waals surface area (Å²) in [5.41, 5.74) is 3.26. The third-order valence-electron chi connectivity index (χ3n) is 5.08. The van der Waals surface area contributed by atoms with Crippen LogP contribution in [0.3, 0.4) is 0 Å². The van der Waals surface area contributed by atoms with Gasteiger partial charge >= 0.3 is 0 Å². The Bertz CT molecular complexity index is 1110. The molecule has 0 aliphatic heterocycles. The first-order valence-corrected chi connectivity index (χ1v) is 11.0. The molecule has 0 spiro atoms. The standard InChI is InChI=1S/C24H24N4OS/c1-3-19(17-11-7-5-8-12-17)26-23(29)21-20(24-25-15-16-30-24)27-22(28(21)4-2)18-13-9-6-10-14-18/h5-16,19H,3-4H2,1-2H3,(H,26,29)/t19-/m0/s1. The Morgan fingerprint density at radius 1 is 1.07 bits per heavy atom. The predicted octanol–water partition coefficient (Wildman–Crippen LogP) is 5.57. The number of carbonyl (C=O) groups excluding carboxylic acids is 1. The number of nitrogens with zero attached hydrogens (tertiary/aromatic N) is 3. The zero-order valence-electron chi connectivity index (χ0n) is 17.1. The molecule has 0 saturated heterocycles. The number of amides is 1. The van der Waals surface area contributed by atoms with Crippen molar-refractivity contribution in [1.29, 1.82) is 0 Å². The second kappa shape index (κ2) is 9.05. The first kappa shape index (κ1) is 20.0. The fourth-order valence-electron chi connectivity index (χ4n) is 3.62. The quantitative estimate of drug-likeness (QED) is 0.428. The summed E-state index contributed by atoms with van der Waals surface area (Å²) in [4.78, 5) is 22.8. The first-order valence-electron chi connectivity index (χ1n) is 10.1. The lowest BCUT2D eigenvalue weighted by atomic mass is 10.0. The number of benzene rings is 2. The number of aromatic nitrogens is 3. The topological polar surface area (TPSA) is 59.8 Å². The van der Waals surface area contributed by atoms with Crippen LogP contribution in [0, 0.1) is 0 Å². The molecule has 2 heterocycles. The number of rotatable bonds is 7. The van der Waals surface area contributed by atoms with Gasteiger partial charge in [-0.3, -0.25) is 4.79 Å². The average molecular weight is 417 g/mol. The summed E-state index contributed by atoms with van der Waals surface area (Å²) in [6, 6.07) is 20.0. The summed E-state index contributed by atoms with van der Waals surface area (Å²) in [5.74, 6) is 0.647. The molecule has 0 saturated carbocycles. The number of nitrogens with one attached hydrogen (secondary N) is 1. The van der Waals surface area contributed by atoms with Crippen LogP contribution in [0.5, 0.6) is 0 Å². The summed E-state index contributed by atoms with van der Waals surface area (Å²) in [6.07, 6.45) is 2.54. The van der Waals surface area contributed by atoms with Gasteiger partial charge in [0.15, 0.2) is 0 Å². The lowest BCUT2D eigenvalue weighted by Crippen LogP contribution is -2.30. The molecule has 6 heteroatoms. The van der Waals surface area contributed by atoms with Gasteiger partial charge in [0.25, 0.3) is 5.91 Å². The maximum Gasteiger partial charge on any atom is 0.270 e. The summed E-state index contributed by atoms with van der Waals surface area (Å²) in [5, 5.41) is 5.87. The van der Waals surface area contributed by atoms with Crippen LogP contribution in [0.4, 0.5) is 0 Å². The highest BCUT2D eigenvalue weighted by atomic mass is 32.1. The van der Waals surface area contributed by atoms with Crippen molar-refractivity contribution in [3.05, 3.63) is 83.5 Å². The van der Waals surface area contributed by atoms with Crippen LogP contribution in [0.1, 0.15) is 42.4 Å². The molecule has 2 aromatic carbocycles. The molecular formula is C24H24N4OS. The van der Waals surface area contributed by atoms with Gasteiger partial charge in [0.1, 0.15) is 22.2 Å². The van der Waals surface area contributed by atoms with Crippen molar-refractivity contribution in [2.45, 2.75) is 32.9 Å². The van der Waals surface area contributed by atoms with Crippen molar-refractivity contribution in [2.75, 3.05) is 0 Å². The second-order valence-corrected chi connectivity index (χ2v) is 7.82. The predicted molar refractivity (Wildman–Crippen MR) is 121 cm³/mol. The SMILES string of the molecule is CC[C@H](NC(=O)c1c(-c2nccs2)nc(-c2ccccc2)n1CC)c1ccccc1.